The summed E-state index contributed by atoms with van der Waals surface area (Å²) in [5.74, 6) is 1.62. The van der Waals surface area contributed by atoms with Crippen molar-refractivity contribution >= 4 is 0 Å². The van der Waals surface area contributed by atoms with Crippen LogP contribution in [-0.2, 0) is 0 Å². The quantitative estimate of drug-likeness (QED) is 0.835. The second-order valence-corrected chi connectivity index (χ2v) is 3.35. The van der Waals surface area contributed by atoms with E-state index in [1.54, 1.807) is 33.5 Å². The zero-order valence-electron chi connectivity index (χ0n) is 10.1. The summed E-state index contributed by atoms with van der Waals surface area (Å²) in [4.78, 5) is 0. The van der Waals surface area contributed by atoms with Gasteiger partial charge < -0.3 is 19.3 Å². The van der Waals surface area contributed by atoms with Crippen molar-refractivity contribution in [3.63, 3.8) is 0 Å². The summed E-state index contributed by atoms with van der Waals surface area (Å²) in [6.45, 7) is 1.90. The number of aliphatic hydroxyl groups excluding tert-OH is 1. The lowest BCUT2D eigenvalue weighted by Crippen LogP contribution is -2.02. The van der Waals surface area contributed by atoms with E-state index in [2.05, 4.69) is 0 Å². The van der Waals surface area contributed by atoms with E-state index < -0.39 is 6.10 Å². The number of benzene rings is 1. The normalized spacial score (nSPS) is 12.1. The van der Waals surface area contributed by atoms with Crippen LogP contribution in [0.1, 0.15) is 25.0 Å². The largest absolute Gasteiger partial charge is 0.493 e. The molecule has 0 aliphatic carbocycles. The van der Waals surface area contributed by atoms with Crippen molar-refractivity contribution in [2.75, 3.05) is 21.3 Å². The van der Waals surface area contributed by atoms with Crippen LogP contribution in [0.15, 0.2) is 12.1 Å². The summed E-state index contributed by atoms with van der Waals surface area (Å²) in [5, 5.41) is 9.85. The van der Waals surface area contributed by atoms with Crippen LogP contribution < -0.4 is 14.2 Å². The van der Waals surface area contributed by atoms with Crippen molar-refractivity contribution < 1.29 is 19.3 Å². The van der Waals surface area contributed by atoms with Crippen molar-refractivity contribution in [3.8, 4) is 17.2 Å². The Labute approximate surface area is 95.8 Å². The van der Waals surface area contributed by atoms with E-state index in [9.17, 15) is 5.11 Å². The Kier molecular flexibility index (Phi) is 4.43. The highest BCUT2D eigenvalue weighted by Gasteiger charge is 2.19. The van der Waals surface area contributed by atoms with Crippen LogP contribution in [0.4, 0.5) is 0 Å². The smallest absolute Gasteiger partial charge is 0.203 e. The second kappa shape index (κ2) is 5.61. The predicted molar refractivity (Wildman–Crippen MR) is 61.3 cm³/mol. The summed E-state index contributed by atoms with van der Waals surface area (Å²) in [7, 11) is 4.65. The van der Waals surface area contributed by atoms with Crippen LogP contribution >= 0.6 is 0 Å². The molecule has 4 nitrogen and oxygen atoms in total. The molecule has 0 bridgehead atoms. The summed E-state index contributed by atoms with van der Waals surface area (Å²) in [6.07, 6.45) is 0.0565. The molecule has 16 heavy (non-hydrogen) atoms. The molecule has 0 radical (unpaired) electrons. The van der Waals surface area contributed by atoms with Gasteiger partial charge in [0.2, 0.25) is 5.75 Å². The Morgan fingerprint density at radius 2 is 1.69 bits per heavy atom. The van der Waals surface area contributed by atoms with Crippen molar-refractivity contribution in [3.05, 3.63) is 17.7 Å². The fourth-order valence-electron chi connectivity index (χ4n) is 1.61. The third-order valence-corrected chi connectivity index (χ3v) is 2.48. The highest BCUT2D eigenvalue weighted by atomic mass is 16.5. The Morgan fingerprint density at radius 3 is 2.12 bits per heavy atom. The van der Waals surface area contributed by atoms with Gasteiger partial charge in [-0.3, -0.25) is 0 Å². The molecule has 0 spiro atoms. The lowest BCUT2D eigenvalue weighted by atomic mass is 10.1. The van der Waals surface area contributed by atoms with E-state index in [0.717, 1.165) is 0 Å². The second-order valence-electron chi connectivity index (χ2n) is 3.35. The van der Waals surface area contributed by atoms with Crippen LogP contribution in [0.25, 0.3) is 0 Å². The molecule has 1 unspecified atom stereocenters. The van der Waals surface area contributed by atoms with Gasteiger partial charge in [-0.25, -0.2) is 0 Å². The van der Waals surface area contributed by atoms with E-state index in [4.69, 9.17) is 14.2 Å². The fourth-order valence-corrected chi connectivity index (χ4v) is 1.61. The van der Waals surface area contributed by atoms with Crippen LogP contribution in [0, 0.1) is 0 Å². The minimum absolute atomic E-state index is 0.509. The zero-order chi connectivity index (χ0) is 12.1. The van der Waals surface area contributed by atoms with E-state index >= 15 is 0 Å². The van der Waals surface area contributed by atoms with Gasteiger partial charge in [0.15, 0.2) is 11.5 Å². The first kappa shape index (κ1) is 12.6. The molecule has 0 amide bonds. The standard InChI is InChI=1S/C12H18O4/c1-5-9(13)8-6-7-10(14-2)12(16-4)11(8)15-3/h6-7,9,13H,5H2,1-4H3. The highest BCUT2D eigenvalue weighted by Crippen LogP contribution is 2.42. The highest BCUT2D eigenvalue weighted by molar-refractivity contribution is 5.56. The molecule has 0 aromatic heterocycles. The number of ether oxygens (including phenoxy) is 3. The minimum Gasteiger partial charge on any atom is -0.493 e. The van der Waals surface area contributed by atoms with Crippen LogP contribution in [0.2, 0.25) is 0 Å². The maximum Gasteiger partial charge on any atom is 0.203 e. The van der Waals surface area contributed by atoms with Gasteiger partial charge in [0.05, 0.1) is 27.4 Å². The number of rotatable bonds is 5. The molecule has 1 aromatic rings. The topological polar surface area (TPSA) is 47.9 Å². The molecule has 0 saturated carbocycles. The van der Waals surface area contributed by atoms with Crippen LogP contribution in [0.3, 0.4) is 0 Å². The number of hydrogen-bond donors (Lipinski definition) is 1. The van der Waals surface area contributed by atoms with Gasteiger partial charge in [0.25, 0.3) is 0 Å². The lowest BCUT2D eigenvalue weighted by molar-refractivity contribution is 0.168. The van der Waals surface area contributed by atoms with E-state index in [-0.39, 0.29) is 0 Å². The number of aliphatic hydroxyl groups is 1. The molecular weight excluding hydrogens is 208 g/mol. The van der Waals surface area contributed by atoms with E-state index in [1.807, 2.05) is 6.92 Å². The average molecular weight is 226 g/mol. The maximum absolute atomic E-state index is 9.85. The summed E-state index contributed by atoms with van der Waals surface area (Å²) < 4.78 is 15.7. The van der Waals surface area contributed by atoms with Crippen molar-refractivity contribution in [1.82, 2.24) is 0 Å². The Balaban J connectivity index is 3.31. The first-order chi connectivity index (χ1) is 7.69. The molecule has 1 aromatic carbocycles. The first-order valence-corrected chi connectivity index (χ1v) is 5.16. The molecule has 0 aliphatic heterocycles. The third-order valence-electron chi connectivity index (χ3n) is 2.48. The van der Waals surface area contributed by atoms with Gasteiger partial charge in [-0.05, 0) is 18.6 Å². The third kappa shape index (κ3) is 2.22. The van der Waals surface area contributed by atoms with Gasteiger partial charge in [0, 0.05) is 5.56 Å². The number of methoxy groups -OCH3 is 3. The lowest BCUT2D eigenvalue weighted by Gasteiger charge is -2.18. The van der Waals surface area contributed by atoms with Crippen molar-refractivity contribution in [2.45, 2.75) is 19.4 Å². The van der Waals surface area contributed by atoms with Crippen molar-refractivity contribution in [1.29, 1.82) is 0 Å². The predicted octanol–water partition coefficient (Wildman–Crippen LogP) is 2.16. The first-order valence-electron chi connectivity index (χ1n) is 5.16. The summed E-state index contributed by atoms with van der Waals surface area (Å²) >= 11 is 0. The van der Waals surface area contributed by atoms with E-state index in [1.165, 1.54) is 0 Å². The summed E-state index contributed by atoms with van der Waals surface area (Å²) in [6, 6.07) is 3.55. The molecule has 1 N–H and O–H groups in total. The van der Waals surface area contributed by atoms with E-state index in [0.29, 0.717) is 29.2 Å². The summed E-state index contributed by atoms with van der Waals surface area (Å²) in [5.41, 5.74) is 0.711. The van der Waals surface area contributed by atoms with Gasteiger partial charge in [-0.15, -0.1) is 0 Å². The molecule has 0 heterocycles. The SMILES string of the molecule is CCC(O)c1ccc(OC)c(OC)c1OC. The fraction of sp³-hybridized carbons (Fsp3) is 0.500. The minimum atomic E-state index is -0.560. The van der Waals surface area contributed by atoms with Gasteiger partial charge in [-0.1, -0.05) is 6.92 Å². The average Bonchev–Trinajstić information content (AvgIpc) is 2.35. The molecule has 0 aliphatic rings. The molecule has 1 rings (SSSR count). The number of hydrogen-bond acceptors (Lipinski definition) is 4. The molecule has 90 valence electrons. The molecule has 0 fully saturated rings. The zero-order valence-corrected chi connectivity index (χ0v) is 10.1. The Morgan fingerprint density at radius 1 is 1.06 bits per heavy atom. The Hall–Kier alpha value is -1.42. The monoisotopic (exact) mass is 226 g/mol. The molecular formula is C12H18O4. The van der Waals surface area contributed by atoms with Crippen LogP contribution in [0.5, 0.6) is 17.2 Å². The van der Waals surface area contributed by atoms with Gasteiger partial charge in [0.1, 0.15) is 0 Å². The molecule has 0 saturated heterocycles. The molecule has 4 heteroatoms. The Bertz CT molecular complexity index is 349. The van der Waals surface area contributed by atoms with Gasteiger partial charge in [-0.2, -0.15) is 0 Å². The maximum atomic E-state index is 9.85. The molecule has 1 atom stereocenters. The van der Waals surface area contributed by atoms with Gasteiger partial charge >= 0.3 is 0 Å². The van der Waals surface area contributed by atoms with Crippen molar-refractivity contribution in [2.24, 2.45) is 0 Å². The van der Waals surface area contributed by atoms with Crippen LogP contribution in [-0.4, -0.2) is 26.4 Å².